The molecule has 6 bridgehead atoms. The lowest BCUT2D eigenvalue weighted by Gasteiger charge is -2.31. The van der Waals surface area contributed by atoms with Crippen LogP contribution in [0.1, 0.15) is 45.5 Å². The number of hydrogen-bond acceptors (Lipinski definition) is 8. The Balaban J connectivity index is 1.44. The van der Waals surface area contributed by atoms with Gasteiger partial charge in [-0.1, -0.05) is 18.2 Å². The standard InChI is InChI=1S/C35H36N2O6/c1-39-28-8-7-21-15-27-33-23(10-12-37-27)18-32(41-3)34(38)35(33)43-31-19-25-22(17-29(31)40-2)9-11-36-26(25)14-20-5-4-6-24(13-20)42-30(28)16-21/h4-8,13,16-19,26-27,36-38H,9-12,14-15H2,1-3H3/t26-,27+/m0/s1. The zero-order valence-electron chi connectivity index (χ0n) is 24.7. The van der Waals surface area contributed by atoms with Crippen molar-refractivity contribution < 1.29 is 28.8 Å². The van der Waals surface area contributed by atoms with Gasteiger partial charge >= 0.3 is 0 Å². The number of rotatable bonds is 3. The van der Waals surface area contributed by atoms with Crippen LogP contribution < -0.4 is 34.3 Å². The molecule has 43 heavy (non-hydrogen) atoms. The lowest BCUT2D eigenvalue weighted by molar-refractivity contribution is 0.334. The second-order valence-corrected chi connectivity index (χ2v) is 11.3. The minimum absolute atomic E-state index is 0.0305. The molecule has 4 aromatic rings. The molecule has 2 atom stereocenters. The number of hydrogen-bond donors (Lipinski definition) is 3. The number of nitrogens with one attached hydrogen (secondary N) is 2. The van der Waals surface area contributed by atoms with Crippen LogP contribution in [-0.2, 0) is 25.7 Å². The smallest absolute Gasteiger partial charge is 0.201 e. The fourth-order valence-electron chi connectivity index (χ4n) is 6.64. The normalized spacial score (nSPS) is 18.8. The Kier molecular flexibility index (Phi) is 7.24. The van der Waals surface area contributed by atoms with Crippen molar-refractivity contribution >= 4 is 0 Å². The highest BCUT2D eigenvalue weighted by Crippen LogP contribution is 2.50. The molecule has 0 saturated carbocycles. The summed E-state index contributed by atoms with van der Waals surface area (Å²) >= 11 is 0. The first kappa shape index (κ1) is 27.4. The average molecular weight is 581 g/mol. The van der Waals surface area contributed by atoms with Gasteiger partial charge in [-0.3, -0.25) is 0 Å². The zero-order valence-corrected chi connectivity index (χ0v) is 24.7. The highest BCUT2D eigenvalue weighted by molar-refractivity contribution is 5.63. The van der Waals surface area contributed by atoms with Crippen LogP contribution in [0.4, 0.5) is 0 Å². The number of phenols is 1. The van der Waals surface area contributed by atoms with E-state index in [2.05, 4.69) is 41.0 Å². The Morgan fingerprint density at radius 2 is 1.40 bits per heavy atom. The fraction of sp³-hybridized carbons (Fsp3) is 0.314. The summed E-state index contributed by atoms with van der Waals surface area (Å²) in [7, 11) is 4.87. The predicted molar refractivity (Wildman–Crippen MR) is 164 cm³/mol. The average Bonchev–Trinajstić information content (AvgIpc) is 3.02. The van der Waals surface area contributed by atoms with Gasteiger partial charge in [-0.25, -0.2) is 0 Å². The molecular weight excluding hydrogens is 544 g/mol. The molecule has 0 saturated heterocycles. The van der Waals surface area contributed by atoms with E-state index in [1.807, 2.05) is 30.3 Å². The highest BCUT2D eigenvalue weighted by atomic mass is 16.5. The number of ether oxygens (including phenoxy) is 5. The van der Waals surface area contributed by atoms with E-state index < -0.39 is 0 Å². The molecule has 3 N–H and O–H groups in total. The summed E-state index contributed by atoms with van der Waals surface area (Å²) in [6.07, 6.45) is 3.06. The van der Waals surface area contributed by atoms with Crippen LogP contribution in [0.25, 0.3) is 0 Å². The maximum absolute atomic E-state index is 11.5. The molecule has 222 valence electrons. The van der Waals surface area contributed by atoms with E-state index in [9.17, 15) is 5.11 Å². The fourth-order valence-corrected chi connectivity index (χ4v) is 6.64. The largest absolute Gasteiger partial charge is 0.502 e. The van der Waals surface area contributed by atoms with E-state index in [-0.39, 0.29) is 17.8 Å². The number of methoxy groups -OCH3 is 3. The second kappa shape index (κ2) is 11.4. The lowest BCUT2D eigenvalue weighted by atomic mass is 9.88. The van der Waals surface area contributed by atoms with Gasteiger partial charge in [0.2, 0.25) is 5.75 Å². The zero-order chi connectivity index (χ0) is 29.5. The summed E-state index contributed by atoms with van der Waals surface area (Å²) < 4.78 is 30.3. The molecule has 0 aliphatic carbocycles. The number of benzene rings is 4. The maximum atomic E-state index is 11.5. The number of aromatic hydroxyl groups is 1. The minimum Gasteiger partial charge on any atom is -0.502 e. The third kappa shape index (κ3) is 5.11. The molecule has 3 aliphatic heterocycles. The molecule has 0 fully saturated rings. The van der Waals surface area contributed by atoms with Crippen LogP contribution in [0.3, 0.4) is 0 Å². The Bertz CT molecular complexity index is 1690. The maximum Gasteiger partial charge on any atom is 0.201 e. The SMILES string of the molecule is COc1ccc2cc1Oc1cccc(c1)C[C@@H]1NCCc3cc(OC)c(cc31)Oc1c(O)c(OC)cc3c1[C@@H](C2)NCC3. The van der Waals surface area contributed by atoms with Crippen LogP contribution in [0.2, 0.25) is 0 Å². The van der Waals surface area contributed by atoms with E-state index in [4.69, 9.17) is 23.7 Å². The van der Waals surface area contributed by atoms with Crippen molar-refractivity contribution in [3.63, 3.8) is 0 Å². The van der Waals surface area contributed by atoms with Gasteiger partial charge in [0.05, 0.1) is 21.3 Å². The van der Waals surface area contributed by atoms with Crippen molar-refractivity contribution in [2.45, 2.75) is 37.8 Å². The molecule has 3 aliphatic rings. The van der Waals surface area contributed by atoms with Crippen molar-refractivity contribution in [2.24, 2.45) is 0 Å². The Hall–Kier alpha value is -4.40. The molecule has 0 amide bonds. The van der Waals surface area contributed by atoms with Crippen molar-refractivity contribution in [1.29, 1.82) is 0 Å². The summed E-state index contributed by atoms with van der Waals surface area (Å²) in [5, 5.41) is 18.9. The van der Waals surface area contributed by atoms with Gasteiger partial charge in [0.1, 0.15) is 5.75 Å². The highest BCUT2D eigenvalue weighted by Gasteiger charge is 2.31. The lowest BCUT2D eigenvalue weighted by Crippen LogP contribution is -2.32. The quantitative estimate of drug-likeness (QED) is 0.265. The third-order valence-corrected chi connectivity index (χ3v) is 8.73. The van der Waals surface area contributed by atoms with E-state index >= 15 is 0 Å². The van der Waals surface area contributed by atoms with Crippen LogP contribution in [0, 0.1) is 0 Å². The van der Waals surface area contributed by atoms with Crippen molar-refractivity contribution in [3.05, 3.63) is 94.0 Å². The van der Waals surface area contributed by atoms with Gasteiger partial charge in [0.15, 0.2) is 34.5 Å². The van der Waals surface area contributed by atoms with Gasteiger partial charge < -0.3 is 39.4 Å². The van der Waals surface area contributed by atoms with Gasteiger partial charge in [-0.05, 0) is 109 Å². The summed E-state index contributed by atoms with van der Waals surface area (Å²) in [5.41, 5.74) is 6.56. The molecule has 8 heteroatoms. The van der Waals surface area contributed by atoms with Gasteiger partial charge in [-0.2, -0.15) is 0 Å². The first-order valence-electron chi connectivity index (χ1n) is 14.8. The topological polar surface area (TPSA) is 90.4 Å². The Morgan fingerprint density at radius 1 is 0.698 bits per heavy atom. The molecule has 0 unspecified atom stereocenters. The van der Waals surface area contributed by atoms with Crippen molar-refractivity contribution in [2.75, 3.05) is 34.4 Å². The van der Waals surface area contributed by atoms with Gasteiger partial charge in [0.25, 0.3) is 0 Å². The summed E-state index contributed by atoms with van der Waals surface area (Å²) in [6, 6.07) is 20.2. The monoisotopic (exact) mass is 580 g/mol. The predicted octanol–water partition coefficient (Wildman–Crippen LogP) is 6.18. The molecule has 0 spiro atoms. The molecule has 3 heterocycles. The minimum atomic E-state index is -0.131. The molecule has 8 nitrogen and oxygen atoms in total. The first-order valence-corrected chi connectivity index (χ1v) is 14.8. The Morgan fingerprint density at radius 3 is 2.21 bits per heavy atom. The molecule has 7 rings (SSSR count). The van der Waals surface area contributed by atoms with Crippen molar-refractivity contribution in [3.8, 4) is 46.0 Å². The number of fused-ring (bicyclic) bond motifs is 5. The molecule has 4 aromatic carbocycles. The second-order valence-electron chi connectivity index (χ2n) is 11.3. The Labute approximate surface area is 251 Å². The third-order valence-electron chi connectivity index (χ3n) is 8.73. The van der Waals surface area contributed by atoms with Gasteiger partial charge in [-0.15, -0.1) is 0 Å². The summed E-state index contributed by atoms with van der Waals surface area (Å²) in [6.45, 7) is 1.64. The van der Waals surface area contributed by atoms with Crippen LogP contribution in [-0.4, -0.2) is 39.5 Å². The van der Waals surface area contributed by atoms with E-state index in [1.165, 1.54) is 5.56 Å². The molecule has 0 aromatic heterocycles. The molecule has 0 radical (unpaired) electrons. The van der Waals surface area contributed by atoms with Crippen molar-refractivity contribution in [1.82, 2.24) is 10.6 Å². The first-order chi connectivity index (χ1) is 21.0. The van der Waals surface area contributed by atoms with Crippen LogP contribution >= 0.6 is 0 Å². The van der Waals surface area contributed by atoms with E-state index in [1.54, 1.807) is 21.3 Å². The van der Waals surface area contributed by atoms with Crippen LogP contribution in [0.5, 0.6) is 46.0 Å². The van der Waals surface area contributed by atoms with E-state index in [0.717, 1.165) is 65.9 Å². The van der Waals surface area contributed by atoms with E-state index in [0.29, 0.717) is 40.9 Å². The molecular formula is C35H36N2O6. The number of phenolic OH excluding ortho intramolecular Hbond substituents is 1. The van der Waals surface area contributed by atoms with Crippen LogP contribution in [0.15, 0.2) is 60.7 Å². The summed E-state index contributed by atoms with van der Waals surface area (Å²) in [5.74, 6) is 3.99. The van der Waals surface area contributed by atoms with Gasteiger partial charge in [0, 0.05) is 17.6 Å². The summed E-state index contributed by atoms with van der Waals surface area (Å²) in [4.78, 5) is 0.